The van der Waals surface area contributed by atoms with E-state index in [2.05, 4.69) is 0 Å². The van der Waals surface area contributed by atoms with Crippen LogP contribution in [0.4, 0.5) is 0 Å². The number of aliphatic hydroxyl groups is 1. The molecule has 1 aromatic rings. The Morgan fingerprint density at radius 2 is 1.71 bits per heavy atom. The molecule has 2 atom stereocenters. The van der Waals surface area contributed by atoms with Crippen LogP contribution in [-0.2, 0) is 0 Å². The zero-order valence-corrected chi connectivity index (χ0v) is 12.4. The van der Waals surface area contributed by atoms with Crippen LogP contribution in [-0.4, -0.2) is 11.2 Å². The summed E-state index contributed by atoms with van der Waals surface area (Å²) in [5.41, 5.74) is 6.51. The Morgan fingerprint density at radius 1 is 1.18 bits per heavy atom. The van der Waals surface area contributed by atoms with E-state index < -0.39 is 12.1 Å². The van der Waals surface area contributed by atoms with Gasteiger partial charge in [-0.05, 0) is 23.1 Å². The molecule has 0 saturated heterocycles. The quantitative estimate of drug-likeness (QED) is 0.872. The SMILES string of the molecule is CC(C)(C)[C@H](O)[C@H](N)c1ccc(Cl)c(Cl)c1.Cl. The van der Waals surface area contributed by atoms with Crippen molar-refractivity contribution >= 4 is 35.6 Å². The summed E-state index contributed by atoms with van der Waals surface area (Å²) in [7, 11) is 0. The number of nitrogens with two attached hydrogens (primary N) is 1. The molecule has 1 aromatic carbocycles. The number of aliphatic hydroxyl groups excluding tert-OH is 1. The molecule has 0 saturated carbocycles. The fourth-order valence-electron chi connectivity index (χ4n) is 1.44. The van der Waals surface area contributed by atoms with Gasteiger partial charge in [0.1, 0.15) is 0 Å². The van der Waals surface area contributed by atoms with Gasteiger partial charge < -0.3 is 10.8 Å². The summed E-state index contributed by atoms with van der Waals surface area (Å²) in [5.74, 6) is 0. The van der Waals surface area contributed by atoms with E-state index in [0.29, 0.717) is 10.0 Å². The summed E-state index contributed by atoms with van der Waals surface area (Å²) < 4.78 is 0. The number of halogens is 3. The van der Waals surface area contributed by atoms with Crippen molar-refractivity contribution in [3.63, 3.8) is 0 Å². The van der Waals surface area contributed by atoms with Crippen LogP contribution in [0.15, 0.2) is 18.2 Å². The highest BCUT2D eigenvalue weighted by molar-refractivity contribution is 6.42. The van der Waals surface area contributed by atoms with Crippen molar-refractivity contribution in [3.8, 4) is 0 Å². The highest BCUT2D eigenvalue weighted by Crippen LogP contribution is 2.31. The molecule has 0 fully saturated rings. The molecule has 0 spiro atoms. The molecule has 2 nitrogen and oxygen atoms in total. The molecule has 0 unspecified atom stereocenters. The largest absolute Gasteiger partial charge is 0.391 e. The maximum absolute atomic E-state index is 10.1. The molecule has 98 valence electrons. The van der Waals surface area contributed by atoms with Crippen LogP contribution in [0.25, 0.3) is 0 Å². The van der Waals surface area contributed by atoms with Gasteiger partial charge in [0.15, 0.2) is 0 Å². The van der Waals surface area contributed by atoms with Gasteiger partial charge in [0.25, 0.3) is 0 Å². The Labute approximate surface area is 119 Å². The zero-order valence-electron chi connectivity index (χ0n) is 10.1. The van der Waals surface area contributed by atoms with Crippen molar-refractivity contribution < 1.29 is 5.11 Å². The lowest BCUT2D eigenvalue weighted by Crippen LogP contribution is -2.36. The molecule has 0 aliphatic carbocycles. The maximum Gasteiger partial charge on any atom is 0.0780 e. The number of rotatable bonds is 2. The first-order chi connectivity index (χ1) is 7.23. The second-order valence-corrected chi connectivity index (χ2v) is 5.82. The van der Waals surface area contributed by atoms with Gasteiger partial charge in [-0.1, -0.05) is 50.0 Å². The fraction of sp³-hybridized carbons (Fsp3) is 0.500. The van der Waals surface area contributed by atoms with Gasteiger partial charge >= 0.3 is 0 Å². The second-order valence-electron chi connectivity index (χ2n) is 5.01. The van der Waals surface area contributed by atoms with E-state index in [9.17, 15) is 5.11 Å². The van der Waals surface area contributed by atoms with Crippen LogP contribution < -0.4 is 5.73 Å². The third-order valence-corrected chi connectivity index (χ3v) is 3.30. The Bertz CT molecular complexity index is 377. The molecule has 0 aromatic heterocycles. The van der Waals surface area contributed by atoms with Crippen molar-refractivity contribution in [3.05, 3.63) is 33.8 Å². The monoisotopic (exact) mass is 297 g/mol. The average molecular weight is 299 g/mol. The summed E-state index contributed by atoms with van der Waals surface area (Å²) in [4.78, 5) is 0. The fourth-order valence-corrected chi connectivity index (χ4v) is 1.75. The summed E-state index contributed by atoms with van der Waals surface area (Å²) >= 11 is 11.7. The topological polar surface area (TPSA) is 46.2 Å². The Hall–Kier alpha value is 0.01000. The van der Waals surface area contributed by atoms with Gasteiger partial charge in [-0.15, -0.1) is 12.4 Å². The minimum absolute atomic E-state index is 0. The first-order valence-electron chi connectivity index (χ1n) is 5.12. The van der Waals surface area contributed by atoms with E-state index in [1.54, 1.807) is 18.2 Å². The minimum atomic E-state index is -0.634. The van der Waals surface area contributed by atoms with Crippen LogP contribution in [0.2, 0.25) is 10.0 Å². The van der Waals surface area contributed by atoms with Crippen LogP contribution in [0.1, 0.15) is 32.4 Å². The van der Waals surface area contributed by atoms with Crippen molar-refractivity contribution in [1.29, 1.82) is 0 Å². The predicted molar refractivity (Wildman–Crippen MR) is 76.1 cm³/mol. The molecule has 0 heterocycles. The molecule has 5 heteroatoms. The lowest BCUT2D eigenvalue weighted by molar-refractivity contribution is 0.0401. The van der Waals surface area contributed by atoms with Gasteiger partial charge in [-0.3, -0.25) is 0 Å². The lowest BCUT2D eigenvalue weighted by atomic mass is 9.82. The van der Waals surface area contributed by atoms with Crippen molar-refractivity contribution in [1.82, 2.24) is 0 Å². The Balaban J connectivity index is 0.00000256. The lowest BCUT2D eigenvalue weighted by Gasteiger charge is -2.31. The van der Waals surface area contributed by atoms with Crippen molar-refractivity contribution in [2.75, 3.05) is 0 Å². The summed E-state index contributed by atoms with van der Waals surface area (Å²) in [6, 6.07) is 4.71. The van der Waals surface area contributed by atoms with Gasteiger partial charge in [-0.25, -0.2) is 0 Å². The molecule has 0 amide bonds. The highest BCUT2D eigenvalue weighted by Gasteiger charge is 2.29. The number of hydrogen-bond acceptors (Lipinski definition) is 2. The standard InChI is InChI=1S/C12H17Cl2NO.ClH/c1-12(2,3)11(16)10(15)7-4-5-8(13)9(14)6-7;/h4-6,10-11,16H,15H2,1-3H3;1H/t10-,11-;/m1./s1. The van der Waals surface area contributed by atoms with Crippen LogP contribution >= 0.6 is 35.6 Å². The highest BCUT2D eigenvalue weighted by atomic mass is 35.5. The Morgan fingerprint density at radius 3 is 2.12 bits per heavy atom. The molecular weight excluding hydrogens is 280 g/mol. The second kappa shape index (κ2) is 6.26. The van der Waals surface area contributed by atoms with Crippen molar-refractivity contribution in [2.45, 2.75) is 32.9 Å². The van der Waals surface area contributed by atoms with E-state index in [-0.39, 0.29) is 17.8 Å². The molecule has 0 radical (unpaired) electrons. The summed E-state index contributed by atoms with van der Waals surface area (Å²) in [6.45, 7) is 5.82. The minimum Gasteiger partial charge on any atom is -0.391 e. The molecule has 0 bridgehead atoms. The van der Waals surface area contributed by atoms with E-state index in [1.807, 2.05) is 20.8 Å². The maximum atomic E-state index is 10.1. The van der Waals surface area contributed by atoms with Gasteiger partial charge in [0.2, 0.25) is 0 Å². The van der Waals surface area contributed by atoms with E-state index in [4.69, 9.17) is 28.9 Å². The average Bonchev–Trinajstić information content (AvgIpc) is 2.18. The van der Waals surface area contributed by atoms with Gasteiger partial charge in [0.05, 0.1) is 22.2 Å². The van der Waals surface area contributed by atoms with E-state index in [1.165, 1.54) is 0 Å². The summed E-state index contributed by atoms with van der Waals surface area (Å²) in [6.07, 6.45) is -0.634. The first-order valence-corrected chi connectivity index (χ1v) is 5.87. The Kier molecular flexibility index (Phi) is 6.26. The molecule has 1 rings (SSSR count). The van der Waals surface area contributed by atoms with Crippen LogP contribution in [0.5, 0.6) is 0 Å². The zero-order chi connectivity index (χ0) is 12.5. The first kappa shape index (κ1) is 17.0. The molecular formula is C12H18Cl3NO. The summed E-state index contributed by atoms with van der Waals surface area (Å²) in [5, 5.41) is 11.0. The molecule has 0 aliphatic rings. The third-order valence-electron chi connectivity index (χ3n) is 2.56. The number of benzene rings is 1. The smallest absolute Gasteiger partial charge is 0.0780 e. The normalized spacial score (nSPS) is 15.0. The van der Waals surface area contributed by atoms with Crippen LogP contribution in [0.3, 0.4) is 0 Å². The van der Waals surface area contributed by atoms with Gasteiger partial charge in [0, 0.05) is 0 Å². The van der Waals surface area contributed by atoms with Gasteiger partial charge in [-0.2, -0.15) is 0 Å². The number of hydrogen-bond donors (Lipinski definition) is 2. The third kappa shape index (κ3) is 4.31. The van der Waals surface area contributed by atoms with E-state index in [0.717, 1.165) is 5.56 Å². The predicted octanol–water partition coefficient (Wildman–Crippen LogP) is 3.82. The molecule has 17 heavy (non-hydrogen) atoms. The molecule has 3 N–H and O–H groups in total. The van der Waals surface area contributed by atoms with E-state index >= 15 is 0 Å². The molecule has 0 aliphatic heterocycles. The van der Waals surface area contributed by atoms with Crippen LogP contribution in [0, 0.1) is 5.41 Å². The van der Waals surface area contributed by atoms with Crippen molar-refractivity contribution in [2.24, 2.45) is 11.1 Å².